The maximum atomic E-state index is 8.66. The van der Waals surface area contributed by atoms with Crippen LogP contribution in [0.5, 0.6) is 0 Å². The Morgan fingerprint density at radius 2 is 2.30 bits per heavy atom. The Morgan fingerprint density at radius 1 is 1.60 bits per heavy atom. The minimum absolute atomic E-state index is 0.0296. The summed E-state index contributed by atoms with van der Waals surface area (Å²) in [6.45, 7) is 3.47. The van der Waals surface area contributed by atoms with E-state index in [1.54, 1.807) is 0 Å². The number of nitrogens with zero attached hydrogens (tertiary/aromatic N) is 4. The smallest absolute Gasteiger partial charge is 0.143 e. The summed E-state index contributed by atoms with van der Waals surface area (Å²) in [5.41, 5.74) is 6.67. The summed E-state index contributed by atoms with van der Waals surface area (Å²) in [4.78, 5) is 2.14. The molecule has 1 unspecified atom stereocenters. The monoisotopic (exact) mass is 279 g/mol. The first-order valence-corrected chi connectivity index (χ1v) is 7.30. The largest absolute Gasteiger partial charge is 0.409 e. The fourth-order valence-electron chi connectivity index (χ4n) is 2.83. The van der Waals surface area contributed by atoms with Gasteiger partial charge in [0.15, 0.2) is 0 Å². The number of hydrogen-bond acceptors (Lipinski definition) is 4. The molecular weight excluding hydrogens is 254 g/mol. The molecular formula is C14H25N5O. The normalized spacial score (nSPS) is 18.9. The van der Waals surface area contributed by atoms with Crippen molar-refractivity contribution in [2.75, 3.05) is 13.6 Å². The molecule has 1 fully saturated rings. The zero-order chi connectivity index (χ0) is 14.5. The van der Waals surface area contributed by atoms with E-state index in [0.29, 0.717) is 6.04 Å². The highest BCUT2D eigenvalue weighted by Crippen LogP contribution is 2.28. The Labute approximate surface area is 120 Å². The fraction of sp³-hybridized carbons (Fsp3) is 0.714. The van der Waals surface area contributed by atoms with Crippen LogP contribution in [0, 0.1) is 5.92 Å². The van der Waals surface area contributed by atoms with Gasteiger partial charge in [-0.25, -0.2) is 0 Å². The van der Waals surface area contributed by atoms with Crippen molar-refractivity contribution in [3.63, 3.8) is 0 Å². The Morgan fingerprint density at radius 3 is 2.95 bits per heavy atom. The molecule has 0 spiro atoms. The van der Waals surface area contributed by atoms with E-state index in [1.807, 2.05) is 14.0 Å². The molecule has 0 aromatic carbocycles. The van der Waals surface area contributed by atoms with Crippen molar-refractivity contribution < 1.29 is 5.21 Å². The number of hydrogen-bond donors (Lipinski definition) is 2. The van der Waals surface area contributed by atoms with E-state index in [2.05, 4.69) is 32.1 Å². The van der Waals surface area contributed by atoms with E-state index in [4.69, 9.17) is 10.9 Å². The van der Waals surface area contributed by atoms with E-state index in [1.165, 1.54) is 25.7 Å². The molecule has 6 heteroatoms. The maximum Gasteiger partial charge on any atom is 0.143 e. The molecule has 2 rings (SSSR count). The topological polar surface area (TPSA) is 79.7 Å². The highest BCUT2D eigenvalue weighted by atomic mass is 16.4. The Hall–Kier alpha value is -1.56. The molecule has 20 heavy (non-hydrogen) atoms. The summed E-state index contributed by atoms with van der Waals surface area (Å²) >= 11 is 0. The van der Waals surface area contributed by atoms with Gasteiger partial charge in [-0.05, 0) is 26.0 Å². The van der Waals surface area contributed by atoms with Gasteiger partial charge in [0.05, 0.1) is 11.7 Å². The zero-order valence-electron chi connectivity index (χ0n) is 12.4. The van der Waals surface area contributed by atoms with Gasteiger partial charge in [0.25, 0.3) is 0 Å². The minimum Gasteiger partial charge on any atom is -0.409 e. The van der Waals surface area contributed by atoms with Crippen LogP contribution in [0.25, 0.3) is 0 Å². The van der Waals surface area contributed by atoms with Gasteiger partial charge in [0.2, 0.25) is 0 Å². The van der Waals surface area contributed by atoms with Gasteiger partial charge in [-0.3, -0.25) is 9.58 Å². The lowest BCUT2D eigenvalue weighted by molar-refractivity contribution is 0.287. The molecule has 0 saturated heterocycles. The highest BCUT2D eigenvalue weighted by molar-refractivity contribution is 5.82. The number of amidine groups is 1. The average molecular weight is 279 g/mol. The van der Waals surface area contributed by atoms with Crippen molar-refractivity contribution in [1.82, 2.24) is 14.7 Å². The number of aromatic nitrogens is 2. The number of nitrogens with two attached hydrogens (primary N) is 1. The molecule has 1 atom stereocenters. The van der Waals surface area contributed by atoms with Gasteiger partial charge in [0, 0.05) is 25.2 Å². The highest BCUT2D eigenvalue weighted by Gasteiger charge is 2.18. The van der Waals surface area contributed by atoms with Crippen LogP contribution in [-0.4, -0.2) is 39.3 Å². The molecule has 0 amide bonds. The second-order valence-electron chi connectivity index (χ2n) is 5.85. The van der Waals surface area contributed by atoms with Crippen LogP contribution >= 0.6 is 0 Å². The van der Waals surface area contributed by atoms with Gasteiger partial charge in [-0.2, -0.15) is 5.10 Å². The van der Waals surface area contributed by atoms with Crippen LogP contribution in [0.15, 0.2) is 17.4 Å². The molecule has 1 heterocycles. The van der Waals surface area contributed by atoms with Crippen molar-refractivity contribution in [1.29, 1.82) is 0 Å². The van der Waals surface area contributed by atoms with Crippen LogP contribution < -0.4 is 5.73 Å². The maximum absolute atomic E-state index is 8.66. The standard InChI is InChI=1S/C14H25N5O/c1-11(14(15)17-20)9-18(2)10-12-7-8-19(16-12)13-5-3-4-6-13/h7-8,11,13,20H,3-6,9-10H2,1-2H3,(H2,15,17). The predicted octanol–water partition coefficient (Wildman–Crippen LogP) is 1.81. The van der Waals surface area contributed by atoms with Crippen LogP contribution in [-0.2, 0) is 6.54 Å². The second-order valence-corrected chi connectivity index (χ2v) is 5.85. The SMILES string of the molecule is CC(CN(C)Cc1ccn(C2CCCC2)n1)C(N)=NO. The fourth-order valence-corrected chi connectivity index (χ4v) is 2.83. The van der Waals surface area contributed by atoms with Crippen LogP contribution in [0.1, 0.15) is 44.3 Å². The van der Waals surface area contributed by atoms with Crippen molar-refractivity contribution in [3.8, 4) is 0 Å². The summed E-state index contributed by atoms with van der Waals surface area (Å²) in [6.07, 6.45) is 7.22. The molecule has 1 aromatic heterocycles. The lowest BCUT2D eigenvalue weighted by Crippen LogP contribution is -2.32. The third-order valence-corrected chi connectivity index (χ3v) is 4.00. The van der Waals surface area contributed by atoms with Crippen molar-refractivity contribution in [3.05, 3.63) is 18.0 Å². The molecule has 0 radical (unpaired) electrons. The van der Waals surface area contributed by atoms with E-state index in [9.17, 15) is 0 Å². The molecule has 0 aliphatic heterocycles. The first-order chi connectivity index (χ1) is 9.60. The molecule has 6 nitrogen and oxygen atoms in total. The van der Waals surface area contributed by atoms with E-state index in [-0.39, 0.29) is 11.8 Å². The van der Waals surface area contributed by atoms with Gasteiger partial charge in [-0.15, -0.1) is 0 Å². The summed E-state index contributed by atoms with van der Waals surface area (Å²) in [5, 5.41) is 16.4. The summed E-state index contributed by atoms with van der Waals surface area (Å²) in [6, 6.07) is 2.67. The Balaban J connectivity index is 1.86. The van der Waals surface area contributed by atoms with E-state index in [0.717, 1.165) is 18.8 Å². The van der Waals surface area contributed by atoms with Gasteiger partial charge < -0.3 is 10.9 Å². The van der Waals surface area contributed by atoms with Crippen LogP contribution in [0.4, 0.5) is 0 Å². The first-order valence-electron chi connectivity index (χ1n) is 7.30. The van der Waals surface area contributed by atoms with Gasteiger partial charge in [-0.1, -0.05) is 24.9 Å². The molecule has 0 bridgehead atoms. The summed E-state index contributed by atoms with van der Waals surface area (Å²) in [5.74, 6) is 0.301. The van der Waals surface area contributed by atoms with Crippen molar-refractivity contribution in [2.24, 2.45) is 16.8 Å². The van der Waals surface area contributed by atoms with Crippen molar-refractivity contribution in [2.45, 2.75) is 45.2 Å². The Kier molecular flexibility index (Phi) is 5.00. The first kappa shape index (κ1) is 14.8. The zero-order valence-corrected chi connectivity index (χ0v) is 12.4. The van der Waals surface area contributed by atoms with Crippen LogP contribution in [0.3, 0.4) is 0 Å². The number of oxime groups is 1. The van der Waals surface area contributed by atoms with Crippen LogP contribution in [0.2, 0.25) is 0 Å². The number of rotatable bonds is 6. The minimum atomic E-state index is 0.0296. The molecule has 1 saturated carbocycles. The molecule has 1 aliphatic rings. The summed E-state index contributed by atoms with van der Waals surface area (Å²) < 4.78 is 2.11. The molecule has 1 aromatic rings. The predicted molar refractivity (Wildman–Crippen MR) is 78.6 cm³/mol. The molecule has 3 N–H and O–H groups in total. The third-order valence-electron chi connectivity index (χ3n) is 4.00. The van der Waals surface area contributed by atoms with Crippen molar-refractivity contribution >= 4 is 5.84 Å². The molecule has 112 valence electrons. The molecule has 1 aliphatic carbocycles. The lowest BCUT2D eigenvalue weighted by Gasteiger charge is -2.19. The lowest BCUT2D eigenvalue weighted by atomic mass is 10.1. The van der Waals surface area contributed by atoms with E-state index >= 15 is 0 Å². The van der Waals surface area contributed by atoms with E-state index < -0.39 is 0 Å². The summed E-state index contributed by atoms with van der Waals surface area (Å²) in [7, 11) is 2.02. The van der Waals surface area contributed by atoms with Gasteiger partial charge in [0.1, 0.15) is 5.84 Å². The third kappa shape index (κ3) is 3.72. The van der Waals surface area contributed by atoms with Gasteiger partial charge >= 0.3 is 0 Å². The quantitative estimate of drug-likeness (QED) is 0.360. The Bertz CT molecular complexity index is 450. The average Bonchev–Trinajstić information content (AvgIpc) is 3.07. The second kappa shape index (κ2) is 6.74.